The van der Waals surface area contributed by atoms with Crippen molar-refractivity contribution >= 4 is 0 Å². The Balaban J connectivity index is 1.000. The Morgan fingerprint density at radius 2 is 1.34 bits per heavy atom. The van der Waals surface area contributed by atoms with Gasteiger partial charge in [-0.25, -0.2) is 0 Å². The Morgan fingerprint density at radius 3 is 2.11 bits per heavy atom. The molecule has 1 saturated heterocycles. The first-order valence-electron chi connectivity index (χ1n) is 17.8. The zero-order valence-electron chi connectivity index (χ0n) is 24.9. The molecule has 4 saturated carbocycles. The highest BCUT2D eigenvalue weighted by Gasteiger charge is 2.53. The number of likely N-dealkylation sites (tertiary alicyclic amines) is 1. The van der Waals surface area contributed by atoms with Crippen molar-refractivity contribution in [1.29, 1.82) is 0 Å². The van der Waals surface area contributed by atoms with Gasteiger partial charge in [-0.2, -0.15) is 0 Å². The van der Waals surface area contributed by atoms with Gasteiger partial charge in [-0.15, -0.1) is 0 Å². The summed E-state index contributed by atoms with van der Waals surface area (Å²) in [4.78, 5) is 3.18. The molecule has 0 N–H and O–H groups in total. The predicted octanol–water partition coefficient (Wildman–Crippen LogP) is 10.1. The smallest absolute Gasteiger partial charge is 0.0284 e. The summed E-state index contributed by atoms with van der Waals surface area (Å²) in [5.74, 6) is 6.89. The van der Waals surface area contributed by atoms with E-state index >= 15 is 0 Å². The average molecular weight is 518 g/mol. The summed E-state index contributed by atoms with van der Waals surface area (Å²) in [5.41, 5.74) is 0.696. The van der Waals surface area contributed by atoms with Gasteiger partial charge in [-0.3, -0.25) is 4.90 Å². The van der Waals surface area contributed by atoms with Gasteiger partial charge in [0.15, 0.2) is 0 Å². The zero-order valence-corrected chi connectivity index (χ0v) is 24.9. The molecule has 1 heterocycles. The van der Waals surface area contributed by atoms with E-state index in [0.717, 1.165) is 59.6 Å². The lowest BCUT2D eigenvalue weighted by Crippen LogP contribution is -2.47. The Hall–Kier alpha value is -0.560. The first kappa shape index (κ1) is 26.3. The number of fused-ring (bicyclic) bond motifs is 3. The highest BCUT2D eigenvalue weighted by atomic mass is 15.3. The molecule has 0 aromatic rings. The fourth-order valence-corrected chi connectivity index (χ4v) is 11.9. The minimum absolute atomic E-state index is 0.696. The van der Waals surface area contributed by atoms with Gasteiger partial charge < -0.3 is 0 Å². The van der Waals surface area contributed by atoms with Gasteiger partial charge in [0.25, 0.3) is 0 Å². The van der Waals surface area contributed by atoms with Crippen LogP contribution in [0.2, 0.25) is 0 Å². The summed E-state index contributed by atoms with van der Waals surface area (Å²) in [6, 6.07) is 2.58. The van der Waals surface area contributed by atoms with E-state index in [9.17, 15) is 0 Å². The summed E-state index contributed by atoms with van der Waals surface area (Å²) in [7, 11) is 0. The SMILES string of the molecule is CC1(C2CCC(C3CCC4[C@@H](C3)C3CCCCC3N4C3C=CC(C4C=CCCC4)CC3)CC2)CCCCC1. The van der Waals surface area contributed by atoms with Crippen molar-refractivity contribution in [1.82, 2.24) is 4.90 Å². The molecule has 0 aromatic heterocycles. The van der Waals surface area contributed by atoms with E-state index < -0.39 is 0 Å². The molecular formula is C37H59N. The normalized spacial score (nSPS) is 47.4. The second kappa shape index (κ2) is 11.4. The Kier molecular flexibility index (Phi) is 7.88. The van der Waals surface area contributed by atoms with Crippen molar-refractivity contribution in [3.63, 3.8) is 0 Å². The maximum Gasteiger partial charge on any atom is 0.0284 e. The van der Waals surface area contributed by atoms with Crippen LogP contribution in [0.15, 0.2) is 24.3 Å². The Morgan fingerprint density at radius 1 is 0.579 bits per heavy atom. The lowest BCUT2D eigenvalue weighted by molar-refractivity contribution is 0.0390. The van der Waals surface area contributed by atoms with Gasteiger partial charge in [0, 0.05) is 18.1 Å². The van der Waals surface area contributed by atoms with E-state index in [0.29, 0.717) is 5.41 Å². The van der Waals surface area contributed by atoms with E-state index in [2.05, 4.69) is 36.1 Å². The van der Waals surface area contributed by atoms with Crippen molar-refractivity contribution in [3.05, 3.63) is 24.3 Å². The molecule has 0 amide bonds. The lowest BCUT2D eigenvalue weighted by Gasteiger charge is -2.47. The molecule has 38 heavy (non-hydrogen) atoms. The predicted molar refractivity (Wildman–Crippen MR) is 161 cm³/mol. The number of hydrogen-bond donors (Lipinski definition) is 0. The molecular weight excluding hydrogens is 458 g/mol. The maximum atomic E-state index is 3.18. The minimum Gasteiger partial charge on any atom is -0.290 e. The van der Waals surface area contributed by atoms with Crippen LogP contribution in [0.25, 0.3) is 0 Å². The molecule has 0 radical (unpaired) electrons. The first-order chi connectivity index (χ1) is 18.7. The summed E-state index contributed by atoms with van der Waals surface area (Å²) < 4.78 is 0. The molecule has 1 nitrogen and oxygen atoms in total. The first-order valence-corrected chi connectivity index (χ1v) is 17.8. The molecule has 212 valence electrons. The summed E-state index contributed by atoms with van der Waals surface area (Å²) in [6.07, 6.45) is 42.1. The van der Waals surface area contributed by atoms with Crippen molar-refractivity contribution < 1.29 is 0 Å². The van der Waals surface area contributed by atoms with Gasteiger partial charge >= 0.3 is 0 Å². The van der Waals surface area contributed by atoms with Gasteiger partial charge in [0.1, 0.15) is 0 Å². The van der Waals surface area contributed by atoms with Gasteiger partial charge in [-0.1, -0.05) is 63.3 Å². The van der Waals surface area contributed by atoms with Crippen LogP contribution < -0.4 is 0 Å². The summed E-state index contributed by atoms with van der Waals surface area (Å²) >= 11 is 0. The van der Waals surface area contributed by atoms with Crippen LogP contribution >= 0.6 is 0 Å². The van der Waals surface area contributed by atoms with Crippen molar-refractivity contribution in [2.75, 3.05) is 0 Å². The van der Waals surface area contributed by atoms with Gasteiger partial charge in [-0.05, 0) is 150 Å². The highest BCUT2D eigenvalue weighted by Crippen LogP contribution is 2.56. The van der Waals surface area contributed by atoms with Crippen LogP contribution in [-0.2, 0) is 0 Å². The molecule has 0 aromatic carbocycles. The second-order valence-electron chi connectivity index (χ2n) is 15.8. The molecule has 7 aliphatic rings. The van der Waals surface area contributed by atoms with Crippen molar-refractivity contribution in [2.45, 2.75) is 160 Å². The molecule has 8 atom stereocenters. The number of hydrogen-bond acceptors (Lipinski definition) is 1. The molecule has 0 spiro atoms. The molecule has 6 aliphatic carbocycles. The Labute approximate surface area is 235 Å². The van der Waals surface area contributed by atoms with Crippen LogP contribution in [-0.4, -0.2) is 23.0 Å². The third-order valence-corrected chi connectivity index (χ3v) is 14.0. The quantitative estimate of drug-likeness (QED) is 0.335. The number of rotatable bonds is 4. The second-order valence-corrected chi connectivity index (χ2v) is 15.8. The van der Waals surface area contributed by atoms with E-state index in [1.54, 1.807) is 44.9 Å². The fraction of sp³-hybridized carbons (Fsp3) is 0.892. The molecule has 7 rings (SSSR count). The largest absolute Gasteiger partial charge is 0.290 e. The highest BCUT2D eigenvalue weighted by molar-refractivity contribution is 5.14. The number of nitrogens with zero attached hydrogens (tertiary/aromatic N) is 1. The van der Waals surface area contributed by atoms with Crippen LogP contribution in [0.4, 0.5) is 0 Å². The monoisotopic (exact) mass is 517 g/mol. The van der Waals surface area contributed by atoms with E-state index in [1.807, 2.05) is 0 Å². The Bertz CT molecular complexity index is 841. The number of allylic oxidation sites excluding steroid dienone is 3. The maximum absolute atomic E-state index is 3.18. The molecule has 1 aliphatic heterocycles. The van der Waals surface area contributed by atoms with Crippen LogP contribution in [0.1, 0.15) is 142 Å². The van der Waals surface area contributed by atoms with Gasteiger partial charge in [0.2, 0.25) is 0 Å². The standard InChI is InChI=1S/C37H59N/c1-37(24-8-3-9-25-37)31-19-14-29(15-20-31)30-18-23-36-34(26-30)33-12-6-7-13-35(33)38(36)32-21-16-28(17-22-32)27-10-4-2-5-11-27/h4,10,16,21,27-36H,2-3,5-9,11-15,17-20,22-26H2,1H3/t27?,28?,29?,30?,31?,32?,33?,34-,35?,36?/m0/s1. The van der Waals surface area contributed by atoms with E-state index in [4.69, 9.17) is 0 Å². The average Bonchev–Trinajstić information content (AvgIpc) is 3.32. The zero-order chi connectivity index (χ0) is 25.5. The van der Waals surface area contributed by atoms with E-state index in [1.165, 1.54) is 89.9 Å². The summed E-state index contributed by atoms with van der Waals surface area (Å²) in [6.45, 7) is 2.67. The lowest BCUT2D eigenvalue weighted by atomic mass is 9.59. The molecule has 0 bridgehead atoms. The fourth-order valence-electron chi connectivity index (χ4n) is 11.9. The third kappa shape index (κ3) is 5.03. The molecule has 1 heteroatoms. The van der Waals surface area contributed by atoms with E-state index in [-0.39, 0.29) is 0 Å². The summed E-state index contributed by atoms with van der Waals surface area (Å²) in [5, 5.41) is 0. The van der Waals surface area contributed by atoms with Gasteiger partial charge in [0.05, 0.1) is 0 Å². The van der Waals surface area contributed by atoms with Crippen LogP contribution in [0, 0.1) is 46.8 Å². The van der Waals surface area contributed by atoms with Crippen molar-refractivity contribution in [2.24, 2.45) is 46.8 Å². The van der Waals surface area contributed by atoms with Crippen LogP contribution in [0.5, 0.6) is 0 Å². The van der Waals surface area contributed by atoms with Crippen LogP contribution in [0.3, 0.4) is 0 Å². The minimum atomic E-state index is 0.696. The third-order valence-electron chi connectivity index (χ3n) is 14.0. The molecule has 5 fully saturated rings. The van der Waals surface area contributed by atoms with Crippen molar-refractivity contribution in [3.8, 4) is 0 Å². The molecule has 7 unspecified atom stereocenters. The topological polar surface area (TPSA) is 3.24 Å².